The molecule has 0 aliphatic heterocycles. The lowest BCUT2D eigenvalue weighted by molar-refractivity contribution is -0.116. The zero-order valence-corrected chi connectivity index (χ0v) is 17.7. The fraction of sp³-hybridized carbons (Fsp3) is 0.280. The van der Waals surface area contributed by atoms with Crippen LogP contribution in [0.25, 0.3) is 22.2 Å². The number of hydrogen-bond acceptors (Lipinski definition) is 3. The van der Waals surface area contributed by atoms with Crippen molar-refractivity contribution in [1.82, 2.24) is 9.97 Å². The fourth-order valence-electron chi connectivity index (χ4n) is 4.32. The fourth-order valence-corrected chi connectivity index (χ4v) is 5.05. The first kappa shape index (κ1) is 19.1. The molecule has 4 aromatic rings. The Labute approximate surface area is 180 Å². The van der Waals surface area contributed by atoms with Gasteiger partial charge in [0, 0.05) is 34.5 Å². The third-order valence-corrected chi connectivity index (χ3v) is 6.68. The van der Waals surface area contributed by atoms with Gasteiger partial charge in [-0.15, -0.1) is 11.3 Å². The summed E-state index contributed by atoms with van der Waals surface area (Å²) in [6.07, 6.45) is 9.15. The van der Waals surface area contributed by atoms with E-state index in [1.165, 1.54) is 52.7 Å². The number of carbonyl (C=O) groups is 1. The number of H-pyrrole nitrogens is 1. The van der Waals surface area contributed by atoms with Gasteiger partial charge in [0.15, 0.2) is 5.13 Å². The quantitative estimate of drug-likeness (QED) is 0.398. The molecule has 2 N–H and O–H groups in total. The van der Waals surface area contributed by atoms with Crippen molar-refractivity contribution < 1.29 is 4.79 Å². The van der Waals surface area contributed by atoms with Gasteiger partial charge in [0.2, 0.25) is 5.91 Å². The molecule has 4 nitrogen and oxygen atoms in total. The molecule has 2 aromatic carbocycles. The summed E-state index contributed by atoms with van der Waals surface area (Å²) in [6, 6.07) is 15.0. The minimum absolute atomic E-state index is 0.0289. The number of carbonyl (C=O) groups excluding carboxylic acids is 1. The van der Waals surface area contributed by atoms with E-state index in [0.29, 0.717) is 11.6 Å². The molecule has 0 bridgehead atoms. The SMILES string of the molecule is O=C(CCCc1c[nH]c2ccccc12)Nc1nc(-c2ccc3c(c2)CCCC3)cs1. The van der Waals surface area contributed by atoms with Gasteiger partial charge < -0.3 is 10.3 Å². The molecule has 0 atom stereocenters. The average molecular weight is 416 g/mol. The number of amides is 1. The molecule has 1 aliphatic rings. The van der Waals surface area contributed by atoms with E-state index in [-0.39, 0.29) is 5.91 Å². The normalized spacial score (nSPS) is 13.3. The summed E-state index contributed by atoms with van der Waals surface area (Å²) in [7, 11) is 0. The summed E-state index contributed by atoms with van der Waals surface area (Å²) in [5.41, 5.74) is 7.43. The van der Waals surface area contributed by atoms with Gasteiger partial charge in [-0.05, 0) is 67.3 Å². The minimum atomic E-state index is 0.0289. The van der Waals surface area contributed by atoms with Crippen LogP contribution in [0.2, 0.25) is 0 Å². The second kappa shape index (κ2) is 8.44. The van der Waals surface area contributed by atoms with E-state index in [2.05, 4.69) is 51.7 Å². The number of benzene rings is 2. The summed E-state index contributed by atoms with van der Waals surface area (Å²) in [6.45, 7) is 0. The number of aryl methyl sites for hydroxylation is 3. The lowest BCUT2D eigenvalue weighted by Crippen LogP contribution is -2.11. The Morgan fingerprint density at radius 2 is 1.97 bits per heavy atom. The third kappa shape index (κ3) is 4.03. The van der Waals surface area contributed by atoms with E-state index in [0.717, 1.165) is 36.0 Å². The smallest absolute Gasteiger partial charge is 0.226 e. The van der Waals surface area contributed by atoms with Crippen LogP contribution in [-0.4, -0.2) is 15.9 Å². The third-order valence-electron chi connectivity index (χ3n) is 5.92. The van der Waals surface area contributed by atoms with Crippen molar-refractivity contribution in [3.8, 4) is 11.3 Å². The summed E-state index contributed by atoms with van der Waals surface area (Å²) < 4.78 is 0. The van der Waals surface area contributed by atoms with Crippen LogP contribution in [0.5, 0.6) is 0 Å². The largest absolute Gasteiger partial charge is 0.361 e. The lowest BCUT2D eigenvalue weighted by Gasteiger charge is -2.16. The number of thiazole rings is 1. The molecule has 0 saturated heterocycles. The molecule has 152 valence electrons. The number of nitrogens with zero attached hydrogens (tertiary/aromatic N) is 1. The molecule has 2 heterocycles. The van der Waals surface area contributed by atoms with Crippen LogP contribution in [0.4, 0.5) is 5.13 Å². The van der Waals surface area contributed by atoms with Crippen LogP contribution >= 0.6 is 11.3 Å². The number of aromatic amines is 1. The van der Waals surface area contributed by atoms with E-state index in [1.54, 1.807) is 0 Å². The Kier molecular flexibility index (Phi) is 5.37. The van der Waals surface area contributed by atoms with Crippen molar-refractivity contribution in [3.05, 3.63) is 70.7 Å². The molecule has 0 unspecified atom stereocenters. The Morgan fingerprint density at radius 3 is 2.90 bits per heavy atom. The molecule has 1 amide bonds. The van der Waals surface area contributed by atoms with E-state index in [9.17, 15) is 4.79 Å². The van der Waals surface area contributed by atoms with Crippen LogP contribution in [0.3, 0.4) is 0 Å². The first-order valence-electron chi connectivity index (χ1n) is 10.7. The molecule has 5 heteroatoms. The molecule has 0 radical (unpaired) electrons. The van der Waals surface area contributed by atoms with Gasteiger partial charge in [-0.25, -0.2) is 4.98 Å². The Bertz CT molecular complexity index is 1190. The van der Waals surface area contributed by atoms with Gasteiger partial charge in [-0.3, -0.25) is 4.79 Å². The monoisotopic (exact) mass is 415 g/mol. The number of rotatable bonds is 6. The number of hydrogen-bond donors (Lipinski definition) is 2. The van der Waals surface area contributed by atoms with Crippen LogP contribution in [-0.2, 0) is 24.1 Å². The standard InChI is InChI=1S/C25H25N3OS/c29-24(11-5-8-20-15-26-22-10-4-3-9-21(20)22)28-25-27-23(16-30-25)19-13-12-17-6-1-2-7-18(17)14-19/h3-4,9-10,12-16,26H,1-2,5-8,11H2,(H,27,28,29). The molecule has 2 aromatic heterocycles. The van der Waals surface area contributed by atoms with E-state index in [1.807, 2.05) is 17.6 Å². The molecule has 0 saturated carbocycles. The molecule has 0 fully saturated rings. The average Bonchev–Trinajstić information content (AvgIpc) is 3.41. The zero-order chi connectivity index (χ0) is 20.3. The Balaban J connectivity index is 1.17. The maximum Gasteiger partial charge on any atom is 0.226 e. The van der Waals surface area contributed by atoms with Crippen LogP contribution < -0.4 is 5.32 Å². The number of anilines is 1. The van der Waals surface area contributed by atoms with Crippen molar-refractivity contribution in [2.24, 2.45) is 0 Å². The van der Waals surface area contributed by atoms with Gasteiger partial charge in [-0.1, -0.05) is 30.3 Å². The van der Waals surface area contributed by atoms with E-state index >= 15 is 0 Å². The molecule has 0 spiro atoms. The first-order valence-corrected chi connectivity index (χ1v) is 11.6. The molecular weight excluding hydrogens is 390 g/mol. The summed E-state index contributed by atoms with van der Waals surface area (Å²) >= 11 is 1.50. The van der Waals surface area contributed by atoms with Crippen LogP contribution in [0.1, 0.15) is 42.4 Å². The number of aromatic nitrogens is 2. The first-order chi connectivity index (χ1) is 14.8. The Morgan fingerprint density at radius 1 is 1.10 bits per heavy atom. The molecule has 5 rings (SSSR count). The summed E-state index contributed by atoms with van der Waals surface area (Å²) in [5.74, 6) is 0.0289. The maximum atomic E-state index is 12.4. The number of nitrogens with one attached hydrogen (secondary N) is 2. The highest BCUT2D eigenvalue weighted by Gasteiger charge is 2.13. The van der Waals surface area contributed by atoms with E-state index < -0.39 is 0 Å². The zero-order valence-electron chi connectivity index (χ0n) is 16.9. The van der Waals surface area contributed by atoms with Crippen LogP contribution in [0, 0.1) is 0 Å². The van der Waals surface area contributed by atoms with Crippen molar-refractivity contribution in [3.63, 3.8) is 0 Å². The molecular formula is C25H25N3OS. The van der Waals surface area contributed by atoms with Crippen LogP contribution in [0.15, 0.2) is 54.0 Å². The van der Waals surface area contributed by atoms with Gasteiger partial charge in [-0.2, -0.15) is 0 Å². The second-order valence-corrected chi connectivity index (χ2v) is 8.85. The highest BCUT2D eigenvalue weighted by atomic mass is 32.1. The molecule has 30 heavy (non-hydrogen) atoms. The second-order valence-electron chi connectivity index (χ2n) is 7.99. The van der Waals surface area contributed by atoms with Gasteiger partial charge in [0.25, 0.3) is 0 Å². The maximum absolute atomic E-state index is 12.4. The van der Waals surface area contributed by atoms with Gasteiger partial charge in [0.05, 0.1) is 5.69 Å². The van der Waals surface area contributed by atoms with Crippen molar-refractivity contribution in [1.29, 1.82) is 0 Å². The predicted octanol–water partition coefficient (Wildman–Crippen LogP) is 6.13. The van der Waals surface area contributed by atoms with Gasteiger partial charge >= 0.3 is 0 Å². The van der Waals surface area contributed by atoms with Crippen molar-refractivity contribution >= 4 is 33.3 Å². The van der Waals surface area contributed by atoms with Crippen molar-refractivity contribution in [2.75, 3.05) is 5.32 Å². The summed E-state index contributed by atoms with van der Waals surface area (Å²) in [5, 5.41) is 6.93. The predicted molar refractivity (Wildman–Crippen MR) is 124 cm³/mol. The lowest BCUT2D eigenvalue weighted by atomic mass is 9.90. The van der Waals surface area contributed by atoms with E-state index in [4.69, 9.17) is 0 Å². The highest BCUT2D eigenvalue weighted by molar-refractivity contribution is 7.14. The number of para-hydroxylation sites is 1. The highest BCUT2D eigenvalue weighted by Crippen LogP contribution is 2.29. The number of fused-ring (bicyclic) bond motifs is 2. The van der Waals surface area contributed by atoms with Crippen molar-refractivity contribution in [2.45, 2.75) is 44.9 Å². The molecule has 1 aliphatic carbocycles. The Hall–Kier alpha value is -2.92. The summed E-state index contributed by atoms with van der Waals surface area (Å²) in [4.78, 5) is 20.3. The van der Waals surface area contributed by atoms with Gasteiger partial charge in [0.1, 0.15) is 0 Å². The topological polar surface area (TPSA) is 57.8 Å². The minimum Gasteiger partial charge on any atom is -0.361 e.